The predicted molar refractivity (Wildman–Crippen MR) is 3.43 cm³/mol. The summed E-state index contributed by atoms with van der Waals surface area (Å²) in [6.45, 7) is 0. The molecule has 9 heteroatoms. The molecule has 0 amide bonds. The molecule has 0 aromatic carbocycles. The average molecular weight is 480 g/mol. The monoisotopic (exact) mass is 480 g/mol. The van der Waals surface area contributed by atoms with Crippen LogP contribution in [0.15, 0.2) is 0 Å². The van der Waals surface area contributed by atoms with Gasteiger partial charge in [-0.2, -0.15) is 0 Å². The minimum atomic E-state index is 0. The van der Waals surface area contributed by atoms with Crippen molar-refractivity contribution < 1.29 is 144 Å². The Labute approximate surface area is 140 Å². The smallest absolute Gasteiger partial charge is 2.00 e. The molecule has 0 bridgehead atoms. The third kappa shape index (κ3) is 83.8. The van der Waals surface area contributed by atoms with Gasteiger partial charge in [-0.15, -0.1) is 0 Å². The summed E-state index contributed by atoms with van der Waals surface area (Å²) in [5.41, 5.74) is 0. The molecule has 0 aromatic rings. The van der Waals surface area contributed by atoms with Crippen molar-refractivity contribution in [3.8, 4) is 0 Å². The second-order valence-corrected chi connectivity index (χ2v) is 0. The van der Waals surface area contributed by atoms with Crippen LogP contribution in [0.3, 0.4) is 0 Å². The Bertz CT molecular complexity index is 12.9. The van der Waals surface area contributed by atoms with Crippen molar-refractivity contribution in [1.29, 1.82) is 0 Å². The fraction of sp³-hybridized carbons (Fsp3) is 0. The molecule has 0 atom stereocenters. The molecule has 0 aliphatic rings. The first-order chi connectivity index (χ1) is 0. The average Bonchev–Trinajstić information content (AvgIpc) is 0. The van der Waals surface area contributed by atoms with Crippen molar-refractivity contribution in [2.45, 2.75) is 0 Å². The van der Waals surface area contributed by atoms with E-state index >= 15 is 0 Å². The van der Waals surface area contributed by atoms with Gasteiger partial charge in [0.2, 0.25) is 0 Å². The first kappa shape index (κ1) is 133. The van der Waals surface area contributed by atoms with E-state index in [1.807, 2.05) is 0 Å². The minimum Gasteiger partial charge on any atom is -2.00 e. The summed E-state index contributed by atoms with van der Waals surface area (Å²) in [5, 5.41) is 0. The van der Waals surface area contributed by atoms with Gasteiger partial charge in [-0.05, 0) is 0 Å². The number of rotatable bonds is 0. The molecule has 9 heavy (non-hydrogen) atoms. The topological polar surface area (TPSA) is 142 Å². The summed E-state index contributed by atoms with van der Waals surface area (Å²) >= 11 is 0. The zero-order valence-corrected chi connectivity index (χ0v) is 13.4. The van der Waals surface area contributed by atoms with Gasteiger partial charge >= 0.3 is 116 Å². The van der Waals surface area contributed by atoms with E-state index in [1.54, 1.807) is 0 Å². The van der Waals surface area contributed by atoms with Gasteiger partial charge in [0.05, 0.1) is 0 Å². The van der Waals surface area contributed by atoms with Gasteiger partial charge < -0.3 is 27.4 Å². The molecule has 0 fully saturated rings. The summed E-state index contributed by atoms with van der Waals surface area (Å²) in [4.78, 5) is 0. The quantitative estimate of drug-likeness (QED) is 0.437. The van der Waals surface area contributed by atoms with Crippen LogP contribution in [0.1, 0.15) is 0 Å². The molecular formula is Co2O5Pr2. The maximum absolute atomic E-state index is 0. The van der Waals surface area contributed by atoms with Crippen LogP contribution in [0.5, 0.6) is 0 Å². The summed E-state index contributed by atoms with van der Waals surface area (Å²) < 4.78 is 0. The van der Waals surface area contributed by atoms with Crippen LogP contribution >= 0.6 is 0 Å². The molecule has 0 saturated heterocycles. The van der Waals surface area contributed by atoms with Crippen molar-refractivity contribution in [2.75, 3.05) is 0 Å². The van der Waals surface area contributed by atoms with Gasteiger partial charge in [-0.1, -0.05) is 0 Å². The SMILES string of the molecule is [Co+2].[Co+2].[O-2].[O-2].[O-2].[O-2].[O-2].[Pr+3].[Pr+3]. The Balaban J connectivity index is 0. The van der Waals surface area contributed by atoms with Gasteiger partial charge in [0.15, 0.2) is 0 Å². The Morgan fingerprint density at radius 3 is 0.333 bits per heavy atom. The Morgan fingerprint density at radius 2 is 0.333 bits per heavy atom. The number of hydrogen-bond donors (Lipinski definition) is 0. The van der Waals surface area contributed by atoms with Crippen LogP contribution in [0.25, 0.3) is 0 Å². The van der Waals surface area contributed by atoms with E-state index in [1.165, 1.54) is 0 Å². The van der Waals surface area contributed by atoms with Crippen LogP contribution in [0, 0.1) is 82.6 Å². The van der Waals surface area contributed by atoms with Gasteiger partial charge in [0.25, 0.3) is 0 Å². The van der Waals surface area contributed by atoms with Gasteiger partial charge in [-0.25, -0.2) is 0 Å². The van der Waals surface area contributed by atoms with Gasteiger partial charge in [0.1, 0.15) is 0 Å². The standard InChI is InChI=1S/2Co.5O.2Pr/q2*+2;5*-2;2*+3. The van der Waals surface area contributed by atoms with Crippen molar-refractivity contribution in [2.24, 2.45) is 0 Å². The molecule has 2 radical (unpaired) electrons. The van der Waals surface area contributed by atoms with Crippen LogP contribution in [-0.2, 0) is 60.9 Å². The summed E-state index contributed by atoms with van der Waals surface area (Å²) in [7, 11) is 0. The third-order valence-electron chi connectivity index (χ3n) is 0. The summed E-state index contributed by atoms with van der Waals surface area (Å²) in [6.07, 6.45) is 0. The Morgan fingerprint density at radius 1 is 0.333 bits per heavy atom. The molecule has 0 saturated carbocycles. The summed E-state index contributed by atoms with van der Waals surface area (Å²) in [5.74, 6) is 0. The van der Waals surface area contributed by atoms with Crippen molar-refractivity contribution in [3.63, 3.8) is 0 Å². The molecular weight excluding hydrogens is 480 g/mol. The zero-order chi connectivity index (χ0) is 0. The molecule has 0 unspecified atom stereocenters. The van der Waals surface area contributed by atoms with E-state index in [0.29, 0.717) is 0 Å². The van der Waals surface area contributed by atoms with Gasteiger partial charge in [-0.3, -0.25) is 0 Å². The third-order valence-corrected chi connectivity index (χ3v) is 0. The Hall–Kier alpha value is 3.54. The summed E-state index contributed by atoms with van der Waals surface area (Å²) in [6, 6.07) is 0. The normalized spacial score (nSPS) is 0. The largest absolute Gasteiger partial charge is 3.00 e. The fourth-order valence-corrected chi connectivity index (χ4v) is 0. The molecule has 54 valence electrons. The van der Waals surface area contributed by atoms with Crippen molar-refractivity contribution >= 4 is 0 Å². The maximum Gasteiger partial charge on any atom is 3.00 e. The molecule has 0 heterocycles. The first-order valence-electron chi connectivity index (χ1n) is 0. The van der Waals surface area contributed by atoms with Crippen LogP contribution < -0.4 is 0 Å². The van der Waals surface area contributed by atoms with E-state index < -0.39 is 0 Å². The second-order valence-electron chi connectivity index (χ2n) is 0. The van der Waals surface area contributed by atoms with E-state index in [9.17, 15) is 0 Å². The van der Waals surface area contributed by atoms with E-state index in [0.717, 1.165) is 0 Å². The van der Waals surface area contributed by atoms with Crippen LogP contribution in [0.4, 0.5) is 0 Å². The maximum atomic E-state index is 0. The predicted octanol–water partition coefficient (Wildman–Crippen LogP) is -0.599. The van der Waals surface area contributed by atoms with E-state index in [-0.39, 0.29) is 144 Å². The van der Waals surface area contributed by atoms with E-state index in [4.69, 9.17) is 0 Å². The molecule has 0 spiro atoms. The van der Waals surface area contributed by atoms with Gasteiger partial charge in [0, 0.05) is 0 Å². The molecule has 0 aliphatic carbocycles. The van der Waals surface area contributed by atoms with Crippen molar-refractivity contribution in [3.05, 3.63) is 0 Å². The molecule has 0 aromatic heterocycles. The zero-order valence-electron chi connectivity index (χ0n) is 3.86. The molecule has 0 N–H and O–H groups in total. The minimum absolute atomic E-state index is 0. The molecule has 0 rings (SSSR count). The fourth-order valence-electron chi connectivity index (χ4n) is 0. The second kappa shape index (κ2) is 102. The number of hydrogen-bond acceptors (Lipinski definition) is 0. The van der Waals surface area contributed by atoms with Crippen LogP contribution in [-0.4, -0.2) is 0 Å². The van der Waals surface area contributed by atoms with Crippen LogP contribution in [0.2, 0.25) is 0 Å². The molecule has 5 nitrogen and oxygen atoms in total. The van der Waals surface area contributed by atoms with Crippen molar-refractivity contribution in [1.82, 2.24) is 0 Å². The Kier molecular flexibility index (Phi) is 1510. The van der Waals surface area contributed by atoms with E-state index in [2.05, 4.69) is 0 Å². The molecule has 0 aliphatic heterocycles. The first-order valence-corrected chi connectivity index (χ1v) is 0.